The van der Waals surface area contributed by atoms with Crippen molar-refractivity contribution in [3.8, 4) is 11.3 Å². The van der Waals surface area contributed by atoms with E-state index in [9.17, 15) is 0 Å². The number of hydrogen-bond donors (Lipinski definition) is 1. The highest BCUT2D eigenvalue weighted by Crippen LogP contribution is 2.27. The van der Waals surface area contributed by atoms with Gasteiger partial charge in [0, 0.05) is 5.56 Å². The standard InChI is InChI=1S/C14H16N2O/c1-3-13(14-9-16-10-17-14)4-2-11(1)12-5-7-15-8-6-12/h1-4,9-10,12,15H,5-8H2. The van der Waals surface area contributed by atoms with E-state index in [1.165, 1.54) is 24.8 Å². The van der Waals surface area contributed by atoms with Crippen LogP contribution in [0.4, 0.5) is 0 Å². The topological polar surface area (TPSA) is 38.1 Å². The number of aromatic nitrogens is 1. The van der Waals surface area contributed by atoms with Crippen LogP contribution in [0.1, 0.15) is 24.3 Å². The van der Waals surface area contributed by atoms with Gasteiger partial charge < -0.3 is 9.73 Å². The number of hydrogen-bond acceptors (Lipinski definition) is 3. The zero-order valence-corrected chi connectivity index (χ0v) is 9.73. The van der Waals surface area contributed by atoms with Gasteiger partial charge in [0.1, 0.15) is 0 Å². The number of nitrogens with one attached hydrogen (secondary N) is 1. The summed E-state index contributed by atoms with van der Waals surface area (Å²) in [6, 6.07) is 8.68. The summed E-state index contributed by atoms with van der Waals surface area (Å²) in [6.07, 6.45) is 5.69. The van der Waals surface area contributed by atoms with Gasteiger partial charge in [-0.05, 0) is 37.4 Å². The lowest BCUT2D eigenvalue weighted by molar-refractivity contribution is 0.460. The second kappa shape index (κ2) is 4.72. The van der Waals surface area contributed by atoms with Crippen LogP contribution in [0.2, 0.25) is 0 Å². The molecule has 0 unspecified atom stereocenters. The molecule has 1 fully saturated rings. The maximum absolute atomic E-state index is 5.28. The molecule has 17 heavy (non-hydrogen) atoms. The Kier molecular flexibility index (Phi) is 2.92. The van der Waals surface area contributed by atoms with Gasteiger partial charge in [0.25, 0.3) is 0 Å². The van der Waals surface area contributed by atoms with E-state index < -0.39 is 0 Å². The molecule has 2 heterocycles. The molecule has 3 nitrogen and oxygen atoms in total. The molecule has 0 spiro atoms. The summed E-state index contributed by atoms with van der Waals surface area (Å²) in [4.78, 5) is 3.94. The Morgan fingerprint density at radius 2 is 1.88 bits per heavy atom. The van der Waals surface area contributed by atoms with Crippen molar-refractivity contribution in [2.45, 2.75) is 18.8 Å². The molecule has 1 aromatic heterocycles. The van der Waals surface area contributed by atoms with E-state index in [4.69, 9.17) is 4.42 Å². The van der Waals surface area contributed by atoms with Crippen LogP contribution in [-0.4, -0.2) is 18.1 Å². The Labute approximate surface area is 101 Å². The largest absolute Gasteiger partial charge is 0.444 e. The first-order valence-electron chi connectivity index (χ1n) is 6.13. The summed E-state index contributed by atoms with van der Waals surface area (Å²) >= 11 is 0. The minimum Gasteiger partial charge on any atom is -0.444 e. The van der Waals surface area contributed by atoms with E-state index in [0.29, 0.717) is 5.92 Å². The molecule has 0 amide bonds. The molecule has 3 heteroatoms. The molecule has 88 valence electrons. The number of nitrogens with zero attached hydrogens (tertiary/aromatic N) is 1. The van der Waals surface area contributed by atoms with Crippen LogP contribution in [0.15, 0.2) is 41.3 Å². The van der Waals surface area contributed by atoms with Gasteiger partial charge in [-0.2, -0.15) is 0 Å². The van der Waals surface area contributed by atoms with Crippen LogP contribution < -0.4 is 5.32 Å². The van der Waals surface area contributed by atoms with Crippen LogP contribution in [-0.2, 0) is 0 Å². The van der Waals surface area contributed by atoms with Crippen molar-refractivity contribution in [1.29, 1.82) is 0 Å². The SMILES string of the molecule is c1ncc(-c2ccc(C3CCNCC3)cc2)o1. The first-order valence-corrected chi connectivity index (χ1v) is 6.13. The molecule has 2 aromatic rings. The van der Waals surface area contributed by atoms with Crippen molar-refractivity contribution in [2.24, 2.45) is 0 Å². The monoisotopic (exact) mass is 228 g/mol. The van der Waals surface area contributed by atoms with Gasteiger partial charge in [-0.1, -0.05) is 24.3 Å². The zero-order valence-electron chi connectivity index (χ0n) is 9.73. The fourth-order valence-corrected chi connectivity index (χ4v) is 2.43. The van der Waals surface area contributed by atoms with Crippen molar-refractivity contribution in [1.82, 2.24) is 10.3 Å². The maximum Gasteiger partial charge on any atom is 0.181 e. The van der Waals surface area contributed by atoms with E-state index in [2.05, 4.69) is 34.6 Å². The van der Waals surface area contributed by atoms with Crippen molar-refractivity contribution in [3.63, 3.8) is 0 Å². The van der Waals surface area contributed by atoms with Crippen molar-refractivity contribution < 1.29 is 4.42 Å². The summed E-state index contributed by atoms with van der Waals surface area (Å²) < 4.78 is 5.28. The molecule has 1 aliphatic rings. The van der Waals surface area contributed by atoms with Crippen LogP contribution in [0.5, 0.6) is 0 Å². The second-order valence-corrected chi connectivity index (χ2v) is 4.51. The van der Waals surface area contributed by atoms with Crippen molar-refractivity contribution in [2.75, 3.05) is 13.1 Å². The van der Waals surface area contributed by atoms with Crippen molar-refractivity contribution >= 4 is 0 Å². The van der Waals surface area contributed by atoms with Gasteiger partial charge in [-0.15, -0.1) is 0 Å². The number of rotatable bonds is 2. The Bertz CT molecular complexity index is 455. The normalized spacial score (nSPS) is 17.2. The van der Waals surface area contributed by atoms with Crippen LogP contribution in [0, 0.1) is 0 Å². The summed E-state index contributed by atoms with van der Waals surface area (Å²) in [6.45, 7) is 2.27. The molecular formula is C14H16N2O. The van der Waals surface area contributed by atoms with E-state index in [0.717, 1.165) is 24.4 Å². The summed E-state index contributed by atoms with van der Waals surface area (Å²) in [5.41, 5.74) is 2.54. The van der Waals surface area contributed by atoms with Gasteiger partial charge in [0.05, 0.1) is 6.20 Å². The Morgan fingerprint density at radius 3 is 2.53 bits per heavy atom. The Morgan fingerprint density at radius 1 is 1.12 bits per heavy atom. The van der Waals surface area contributed by atoms with Crippen molar-refractivity contribution in [3.05, 3.63) is 42.4 Å². The lowest BCUT2D eigenvalue weighted by Gasteiger charge is -2.22. The highest BCUT2D eigenvalue weighted by Gasteiger charge is 2.14. The minimum atomic E-state index is 0.708. The van der Waals surface area contributed by atoms with Crippen LogP contribution >= 0.6 is 0 Å². The third kappa shape index (κ3) is 2.24. The van der Waals surface area contributed by atoms with Crippen LogP contribution in [0.3, 0.4) is 0 Å². The zero-order chi connectivity index (χ0) is 11.5. The van der Waals surface area contributed by atoms with E-state index >= 15 is 0 Å². The fraction of sp³-hybridized carbons (Fsp3) is 0.357. The average Bonchev–Trinajstić information content (AvgIpc) is 2.94. The second-order valence-electron chi connectivity index (χ2n) is 4.51. The highest BCUT2D eigenvalue weighted by molar-refractivity contribution is 5.56. The lowest BCUT2D eigenvalue weighted by atomic mass is 9.90. The summed E-state index contributed by atoms with van der Waals surface area (Å²) in [7, 11) is 0. The molecule has 0 bridgehead atoms. The maximum atomic E-state index is 5.28. The molecule has 1 saturated heterocycles. The summed E-state index contributed by atoms with van der Waals surface area (Å²) in [5.74, 6) is 1.54. The molecular weight excluding hydrogens is 212 g/mol. The predicted molar refractivity (Wildman–Crippen MR) is 66.8 cm³/mol. The molecule has 0 atom stereocenters. The molecule has 1 aliphatic heterocycles. The molecule has 1 aromatic carbocycles. The highest BCUT2D eigenvalue weighted by atomic mass is 16.3. The quantitative estimate of drug-likeness (QED) is 0.859. The van der Waals surface area contributed by atoms with Gasteiger partial charge in [0.15, 0.2) is 12.2 Å². The number of oxazole rings is 1. The number of benzene rings is 1. The molecule has 0 radical (unpaired) electrons. The predicted octanol–water partition coefficient (Wildman–Crippen LogP) is 2.81. The van der Waals surface area contributed by atoms with Crippen LogP contribution in [0.25, 0.3) is 11.3 Å². The van der Waals surface area contributed by atoms with E-state index in [-0.39, 0.29) is 0 Å². The van der Waals surface area contributed by atoms with E-state index in [1.807, 2.05) is 0 Å². The van der Waals surface area contributed by atoms with Gasteiger partial charge in [-0.25, -0.2) is 4.98 Å². The molecule has 3 rings (SSSR count). The first kappa shape index (κ1) is 10.5. The molecule has 0 aliphatic carbocycles. The van der Waals surface area contributed by atoms with E-state index in [1.54, 1.807) is 6.20 Å². The minimum absolute atomic E-state index is 0.708. The van der Waals surface area contributed by atoms with Gasteiger partial charge >= 0.3 is 0 Å². The lowest BCUT2D eigenvalue weighted by Crippen LogP contribution is -2.26. The molecule has 1 N–H and O–H groups in total. The number of piperidine rings is 1. The Balaban J connectivity index is 1.80. The fourth-order valence-electron chi connectivity index (χ4n) is 2.43. The molecule has 0 saturated carbocycles. The third-order valence-electron chi connectivity index (χ3n) is 3.44. The smallest absolute Gasteiger partial charge is 0.181 e. The van der Waals surface area contributed by atoms with Gasteiger partial charge in [-0.3, -0.25) is 0 Å². The first-order chi connectivity index (χ1) is 8.43. The van der Waals surface area contributed by atoms with Gasteiger partial charge in [0.2, 0.25) is 0 Å². The third-order valence-corrected chi connectivity index (χ3v) is 3.44. The Hall–Kier alpha value is -1.61. The summed E-state index contributed by atoms with van der Waals surface area (Å²) in [5, 5.41) is 3.39. The average molecular weight is 228 g/mol.